The molecular weight excluding hydrogens is 457 g/mol. The zero-order valence-electron chi connectivity index (χ0n) is 16.6. The number of anilines is 1. The quantitative estimate of drug-likeness (QED) is 0.286. The average molecular weight is 474 g/mol. The average Bonchev–Trinajstić information content (AvgIpc) is 3.29. The van der Waals surface area contributed by atoms with Crippen molar-refractivity contribution in [3.05, 3.63) is 85.5 Å². The van der Waals surface area contributed by atoms with Crippen LogP contribution in [0.15, 0.2) is 59.5 Å². The van der Waals surface area contributed by atoms with E-state index in [1.54, 1.807) is 36.4 Å². The first kappa shape index (κ1) is 21.4. The molecule has 2 heterocycles. The maximum Gasteiger partial charge on any atom is 0.300 e. The summed E-state index contributed by atoms with van der Waals surface area (Å²) in [5.74, 6) is -1.52. The third-order valence-corrected chi connectivity index (χ3v) is 6.67. The van der Waals surface area contributed by atoms with Crippen LogP contribution in [0.5, 0.6) is 5.75 Å². The van der Waals surface area contributed by atoms with Gasteiger partial charge in [-0.25, -0.2) is 0 Å². The Hall–Kier alpha value is -2.80. The van der Waals surface area contributed by atoms with Crippen LogP contribution in [0.2, 0.25) is 10.0 Å². The number of nitrogens with zero attached hydrogens (tertiary/aromatic N) is 1. The van der Waals surface area contributed by atoms with Crippen LogP contribution in [0.3, 0.4) is 0 Å². The molecule has 1 fully saturated rings. The van der Waals surface area contributed by atoms with Crippen molar-refractivity contribution < 1.29 is 19.4 Å². The van der Waals surface area contributed by atoms with E-state index in [2.05, 4.69) is 0 Å². The lowest BCUT2D eigenvalue weighted by Gasteiger charge is -2.25. The highest BCUT2D eigenvalue weighted by Crippen LogP contribution is 2.46. The van der Waals surface area contributed by atoms with E-state index in [4.69, 9.17) is 27.9 Å². The number of carbonyl (C=O) groups is 2. The molecule has 158 valence electrons. The summed E-state index contributed by atoms with van der Waals surface area (Å²) >= 11 is 13.5. The number of hydrogen-bond acceptors (Lipinski definition) is 5. The fraction of sp³-hybridized carbons (Fsp3) is 0.130. The molecule has 4 rings (SSSR count). The van der Waals surface area contributed by atoms with E-state index in [1.165, 1.54) is 29.4 Å². The van der Waals surface area contributed by atoms with E-state index < -0.39 is 17.7 Å². The van der Waals surface area contributed by atoms with Crippen LogP contribution < -0.4 is 9.64 Å². The molecule has 1 N–H and O–H groups in total. The predicted octanol–water partition coefficient (Wildman–Crippen LogP) is 6.00. The van der Waals surface area contributed by atoms with Gasteiger partial charge in [0.2, 0.25) is 0 Å². The molecule has 1 aliphatic heterocycles. The fourth-order valence-corrected chi connectivity index (χ4v) is 4.95. The normalized spacial score (nSPS) is 17.9. The molecule has 5 nitrogen and oxygen atoms in total. The summed E-state index contributed by atoms with van der Waals surface area (Å²) in [5, 5.41) is 14.0. The monoisotopic (exact) mass is 473 g/mol. The number of methoxy groups -OCH3 is 1. The van der Waals surface area contributed by atoms with Crippen molar-refractivity contribution in [2.45, 2.75) is 13.0 Å². The lowest BCUT2D eigenvalue weighted by Crippen LogP contribution is -2.29. The SMILES string of the molecule is COc1ccc(Cl)cc1/C(O)=C1\C(=O)C(=O)N(c2ccc(Cl)cc2)C1c1sccc1C. The minimum atomic E-state index is -0.801. The first-order valence-electron chi connectivity index (χ1n) is 9.28. The molecule has 1 unspecified atom stereocenters. The van der Waals surface area contributed by atoms with E-state index >= 15 is 0 Å². The Bertz CT molecular complexity index is 1220. The summed E-state index contributed by atoms with van der Waals surface area (Å²) in [6, 6.07) is 12.5. The van der Waals surface area contributed by atoms with Gasteiger partial charge in [0.15, 0.2) is 0 Å². The maximum absolute atomic E-state index is 13.2. The second kappa shape index (κ2) is 8.38. The largest absolute Gasteiger partial charge is 0.507 e. The van der Waals surface area contributed by atoms with Gasteiger partial charge in [0.1, 0.15) is 17.6 Å². The van der Waals surface area contributed by atoms with Gasteiger partial charge in [0, 0.05) is 20.6 Å². The van der Waals surface area contributed by atoms with Gasteiger partial charge in [-0.15, -0.1) is 11.3 Å². The third kappa shape index (κ3) is 3.71. The van der Waals surface area contributed by atoms with Crippen molar-refractivity contribution in [1.29, 1.82) is 0 Å². The number of Topliss-reactive ketones (excluding diaryl/α,β-unsaturated/α-hetero) is 1. The lowest BCUT2D eigenvalue weighted by molar-refractivity contribution is -0.132. The molecule has 0 aliphatic carbocycles. The molecule has 0 spiro atoms. The number of benzene rings is 2. The van der Waals surface area contributed by atoms with Crippen molar-refractivity contribution in [3.63, 3.8) is 0 Å². The molecule has 1 aromatic heterocycles. The zero-order chi connectivity index (χ0) is 22.3. The van der Waals surface area contributed by atoms with Crippen LogP contribution in [0.25, 0.3) is 5.76 Å². The molecule has 1 saturated heterocycles. The molecular formula is C23H17Cl2NO4S. The Kier molecular flexibility index (Phi) is 5.79. The van der Waals surface area contributed by atoms with E-state index in [0.717, 1.165) is 10.4 Å². The number of amides is 1. The van der Waals surface area contributed by atoms with Gasteiger partial charge in [-0.3, -0.25) is 14.5 Å². The van der Waals surface area contributed by atoms with E-state index in [1.807, 2.05) is 18.4 Å². The summed E-state index contributed by atoms with van der Waals surface area (Å²) < 4.78 is 5.34. The highest BCUT2D eigenvalue weighted by atomic mass is 35.5. The van der Waals surface area contributed by atoms with Gasteiger partial charge >= 0.3 is 0 Å². The number of aliphatic hydroxyl groups is 1. The second-order valence-electron chi connectivity index (χ2n) is 6.96. The summed E-state index contributed by atoms with van der Waals surface area (Å²) in [5.41, 5.74) is 1.62. The van der Waals surface area contributed by atoms with E-state index in [-0.39, 0.29) is 16.9 Å². The Balaban J connectivity index is 1.98. The molecule has 0 saturated carbocycles. The lowest BCUT2D eigenvalue weighted by atomic mass is 9.98. The highest BCUT2D eigenvalue weighted by molar-refractivity contribution is 7.10. The van der Waals surface area contributed by atoms with Crippen molar-refractivity contribution in [3.8, 4) is 5.75 Å². The Morgan fingerprint density at radius 2 is 1.74 bits per heavy atom. The summed E-state index contributed by atoms with van der Waals surface area (Å²) in [6.07, 6.45) is 0. The van der Waals surface area contributed by atoms with Gasteiger partial charge in [-0.1, -0.05) is 23.2 Å². The Labute approximate surface area is 193 Å². The Morgan fingerprint density at radius 1 is 1.06 bits per heavy atom. The number of ketones is 1. The smallest absolute Gasteiger partial charge is 0.300 e. The molecule has 1 atom stereocenters. The molecule has 0 radical (unpaired) electrons. The number of halogens is 2. The van der Waals surface area contributed by atoms with Crippen molar-refractivity contribution in [2.75, 3.05) is 12.0 Å². The van der Waals surface area contributed by atoms with Crippen LogP contribution in [-0.4, -0.2) is 23.9 Å². The van der Waals surface area contributed by atoms with E-state index in [0.29, 0.717) is 21.5 Å². The van der Waals surface area contributed by atoms with Crippen LogP contribution >= 0.6 is 34.5 Å². The topological polar surface area (TPSA) is 66.8 Å². The molecule has 31 heavy (non-hydrogen) atoms. The van der Waals surface area contributed by atoms with Gasteiger partial charge in [-0.2, -0.15) is 0 Å². The third-order valence-electron chi connectivity index (χ3n) is 5.12. The number of hydrogen-bond donors (Lipinski definition) is 1. The summed E-state index contributed by atoms with van der Waals surface area (Å²) in [4.78, 5) is 28.5. The number of aliphatic hydroxyl groups excluding tert-OH is 1. The van der Waals surface area contributed by atoms with Crippen molar-refractivity contribution in [1.82, 2.24) is 0 Å². The zero-order valence-corrected chi connectivity index (χ0v) is 18.9. The number of rotatable bonds is 4. The van der Waals surface area contributed by atoms with Gasteiger partial charge in [0.05, 0.1) is 18.2 Å². The Morgan fingerprint density at radius 3 is 2.35 bits per heavy atom. The predicted molar refractivity (Wildman–Crippen MR) is 123 cm³/mol. The number of aryl methyl sites for hydroxylation is 1. The fourth-order valence-electron chi connectivity index (χ4n) is 3.62. The molecule has 3 aromatic rings. The molecule has 1 amide bonds. The summed E-state index contributed by atoms with van der Waals surface area (Å²) in [7, 11) is 1.45. The first-order valence-corrected chi connectivity index (χ1v) is 10.9. The molecule has 0 bridgehead atoms. The number of carbonyl (C=O) groups excluding carboxylic acids is 2. The van der Waals surface area contributed by atoms with Crippen LogP contribution in [0.1, 0.15) is 22.0 Å². The highest BCUT2D eigenvalue weighted by Gasteiger charge is 2.48. The molecule has 2 aromatic carbocycles. The van der Waals surface area contributed by atoms with Crippen LogP contribution in [0, 0.1) is 6.92 Å². The van der Waals surface area contributed by atoms with Crippen molar-refractivity contribution in [2.24, 2.45) is 0 Å². The van der Waals surface area contributed by atoms with Crippen LogP contribution in [0.4, 0.5) is 5.69 Å². The standard InChI is InChI=1S/C23H17Cl2NO4S/c1-12-9-10-31-22(12)19-18(20(27)16-11-14(25)5-8-17(16)30-2)21(28)23(29)26(19)15-6-3-13(24)4-7-15/h3-11,19,27H,1-2H3/b20-18+. The molecule has 1 aliphatic rings. The van der Waals surface area contributed by atoms with Gasteiger partial charge in [-0.05, 0) is 66.4 Å². The van der Waals surface area contributed by atoms with E-state index in [9.17, 15) is 14.7 Å². The minimum Gasteiger partial charge on any atom is -0.507 e. The minimum absolute atomic E-state index is 0.0222. The molecule has 8 heteroatoms. The second-order valence-corrected chi connectivity index (χ2v) is 8.78. The number of ether oxygens (including phenoxy) is 1. The summed E-state index contributed by atoms with van der Waals surface area (Å²) in [6.45, 7) is 1.90. The van der Waals surface area contributed by atoms with Crippen molar-refractivity contribution >= 4 is 57.7 Å². The van der Waals surface area contributed by atoms with Gasteiger partial charge in [0.25, 0.3) is 11.7 Å². The van der Waals surface area contributed by atoms with Gasteiger partial charge < -0.3 is 9.84 Å². The maximum atomic E-state index is 13.2. The van der Waals surface area contributed by atoms with Crippen LogP contribution in [-0.2, 0) is 9.59 Å². The first-order chi connectivity index (χ1) is 14.8. The number of thiophene rings is 1.